The van der Waals surface area contributed by atoms with Crippen molar-refractivity contribution in [2.45, 2.75) is 40.0 Å². The van der Waals surface area contributed by atoms with Gasteiger partial charge in [0.25, 0.3) is 11.6 Å². The van der Waals surface area contributed by atoms with Crippen LogP contribution in [-0.4, -0.2) is 30.9 Å². The van der Waals surface area contributed by atoms with Gasteiger partial charge in [0.15, 0.2) is 5.11 Å². The summed E-state index contributed by atoms with van der Waals surface area (Å²) >= 11 is 5.33. The Morgan fingerprint density at radius 3 is 2.36 bits per heavy atom. The first-order valence-corrected chi connectivity index (χ1v) is 12.0. The summed E-state index contributed by atoms with van der Waals surface area (Å²) < 4.78 is 0. The van der Waals surface area contributed by atoms with Crippen LogP contribution >= 0.6 is 12.2 Å². The molecule has 0 aliphatic rings. The molecule has 4 aromatic rings. The summed E-state index contributed by atoms with van der Waals surface area (Å²) in [6.07, 6.45) is 3.38. The minimum absolute atomic E-state index is 0.0448. The second-order valence-electron chi connectivity index (χ2n) is 8.58. The van der Waals surface area contributed by atoms with Gasteiger partial charge in [-0.3, -0.25) is 20.2 Å². The van der Waals surface area contributed by atoms with E-state index in [0.717, 1.165) is 36.0 Å². The number of hydrogen-bond acceptors (Lipinski definition) is 6. The molecule has 1 heterocycles. The van der Waals surface area contributed by atoms with Crippen LogP contribution in [0.5, 0.6) is 0 Å². The van der Waals surface area contributed by atoms with Gasteiger partial charge in [0.1, 0.15) is 11.0 Å². The number of carbonyl (C=O) groups is 1. The Labute approximate surface area is 213 Å². The van der Waals surface area contributed by atoms with E-state index in [1.807, 2.05) is 31.2 Å². The van der Waals surface area contributed by atoms with Gasteiger partial charge in [-0.25, -0.2) is 0 Å². The number of nitro groups is 1. The highest BCUT2D eigenvalue weighted by molar-refractivity contribution is 7.80. The molecule has 0 unspecified atom stereocenters. The normalized spacial score (nSPS) is 10.9. The number of thiocarbonyl (C=S) groups is 1. The number of unbranched alkanes of at least 4 members (excludes halogenated alkanes) is 1. The van der Waals surface area contributed by atoms with Gasteiger partial charge in [0, 0.05) is 22.9 Å². The summed E-state index contributed by atoms with van der Waals surface area (Å²) in [4.78, 5) is 24.7. The van der Waals surface area contributed by atoms with E-state index in [0.29, 0.717) is 16.8 Å². The van der Waals surface area contributed by atoms with Crippen molar-refractivity contribution in [1.82, 2.24) is 20.3 Å². The number of hydrogen-bond donors (Lipinski definition) is 2. The zero-order valence-electron chi connectivity index (χ0n) is 20.2. The predicted molar refractivity (Wildman–Crippen MR) is 144 cm³/mol. The van der Waals surface area contributed by atoms with Crippen LogP contribution in [0, 0.1) is 24.0 Å². The molecule has 3 aromatic carbocycles. The lowest BCUT2D eigenvalue weighted by Crippen LogP contribution is -2.34. The Kier molecular flexibility index (Phi) is 7.35. The van der Waals surface area contributed by atoms with Crippen molar-refractivity contribution >= 4 is 45.6 Å². The number of nitrogens with one attached hydrogen (secondary N) is 2. The van der Waals surface area contributed by atoms with Crippen molar-refractivity contribution in [3.05, 3.63) is 87.0 Å². The number of benzene rings is 3. The van der Waals surface area contributed by atoms with Crippen LogP contribution in [0.3, 0.4) is 0 Å². The summed E-state index contributed by atoms with van der Waals surface area (Å²) in [6, 6.07) is 16.1. The first-order valence-electron chi connectivity index (χ1n) is 11.6. The fraction of sp³-hybridized carbons (Fsp3) is 0.231. The van der Waals surface area contributed by atoms with E-state index in [1.165, 1.54) is 23.8 Å². The number of amides is 1. The van der Waals surface area contributed by atoms with Crippen LogP contribution in [0.4, 0.5) is 11.4 Å². The Morgan fingerprint density at radius 1 is 1.03 bits per heavy atom. The van der Waals surface area contributed by atoms with Gasteiger partial charge in [-0.05, 0) is 86.4 Å². The molecule has 0 spiro atoms. The number of aromatic nitrogens is 3. The Bertz CT molecular complexity index is 1460. The van der Waals surface area contributed by atoms with Gasteiger partial charge in [0.05, 0.1) is 10.6 Å². The van der Waals surface area contributed by atoms with E-state index in [2.05, 4.69) is 39.9 Å². The van der Waals surface area contributed by atoms with Crippen LogP contribution in [0.1, 0.15) is 46.8 Å². The van der Waals surface area contributed by atoms with Crippen LogP contribution in [-0.2, 0) is 6.42 Å². The summed E-state index contributed by atoms with van der Waals surface area (Å²) in [5, 5.41) is 26.0. The molecule has 0 bridgehead atoms. The van der Waals surface area contributed by atoms with E-state index in [1.54, 1.807) is 11.7 Å². The molecule has 1 aromatic heterocycles. The summed E-state index contributed by atoms with van der Waals surface area (Å²) in [5.41, 5.74) is 5.78. The van der Waals surface area contributed by atoms with E-state index >= 15 is 0 Å². The number of anilines is 1. The number of carbonyl (C=O) groups excluding carboxylic acids is 1. The molecule has 9 nitrogen and oxygen atoms in total. The van der Waals surface area contributed by atoms with Crippen molar-refractivity contribution in [3.63, 3.8) is 0 Å². The van der Waals surface area contributed by atoms with Crippen LogP contribution in [0.15, 0.2) is 54.6 Å². The first kappa shape index (κ1) is 24.9. The van der Waals surface area contributed by atoms with E-state index < -0.39 is 10.8 Å². The molecule has 0 atom stereocenters. The van der Waals surface area contributed by atoms with Gasteiger partial charge in [0.2, 0.25) is 0 Å². The zero-order valence-corrected chi connectivity index (χ0v) is 21.1. The van der Waals surface area contributed by atoms with Crippen molar-refractivity contribution in [1.29, 1.82) is 0 Å². The molecule has 0 aliphatic heterocycles. The zero-order chi connectivity index (χ0) is 25.8. The molecule has 1 amide bonds. The molecule has 0 fully saturated rings. The quantitative estimate of drug-likeness (QED) is 0.197. The maximum atomic E-state index is 12.6. The van der Waals surface area contributed by atoms with Crippen LogP contribution in [0.25, 0.3) is 16.7 Å². The molecule has 184 valence electrons. The van der Waals surface area contributed by atoms with Crippen molar-refractivity contribution in [3.8, 4) is 5.69 Å². The molecule has 0 saturated heterocycles. The lowest BCUT2D eigenvalue weighted by Gasteiger charge is -2.12. The van der Waals surface area contributed by atoms with E-state index in [9.17, 15) is 14.9 Å². The Balaban J connectivity index is 1.47. The van der Waals surface area contributed by atoms with Crippen molar-refractivity contribution in [2.75, 3.05) is 5.32 Å². The molecule has 10 heteroatoms. The van der Waals surface area contributed by atoms with Gasteiger partial charge >= 0.3 is 0 Å². The highest BCUT2D eigenvalue weighted by atomic mass is 32.1. The fourth-order valence-electron chi connectivity index (χ4n) is 3.83. The molecular formula is C26H26N6O3S. The van der Waals surface area contributed by atoms with Crippen molar-refractivity contribution in [2.24, 2.45) is 0 Å². The lowest BCUT2D eigenvalue weighted by atomic mass is 10.1. The van der Waals surface area contributed by atoms with E-state index in [-0.39, 0.29) is 16.4 Å². The first-order chi connectivity index (χ1) is 17.2. The molecule has 0 aliphatic carbocycles. The average Bonchev–Trinajstić information content (AvgIpc) is 3.25. The van der Waals surface area contributed by atoms with Gasteiger partial charge in [-0.1, -0.05) is 25.5 Å². The summed E-state index contributed by atoms with van der Waals surface area (Å²) in [6.45, 7) is 5.67. The number of rotatable bonds is 7. The van der Waals surface area contributed by atoms with Gasteiger partial charge in [-0.2, -0.15) is 4.80 Å². The third kappa shape index (κ3) is 5.55. The minimum atomic E-state index is -0.485. The highest BCUT2D eigenvalue weighted by Gasteiger charge is 2.15. The standard InChI is InChI=1S/C26H26N6O3S/c1-4-5-6-18-7-10-20(11-8-18)31-29-22-14-16(2)21(15-23(22)30-31)27-26(36)28-25(33)19-9-12-24(32(34)35)17(3)13-19/h7-15H,4-6H2,1-3H3,(H2,27,28,33,36). The Hall–Kier alpha value is -4.18. The SMILES string of the molecule is CCCCc1ccc(-n2nc3cc(C)c(NC(=S)NC(=O)c4ccc([N+](=O)[O-])c(C)c4)cc3n2)cc1. The molecule has 0 radical (unpaired) electrons. The van der Waals surface area contributed by atoms with Gasteiger partial charge in [-0.15, -0.1) is 10.2 Å². The van der Waals surface area contributed by atoms with Crippen LogP contribution < -0.4 is 10.6 Å². The second kappa shape index (κ2) is 10.6. The van der Waals surface area contributed by atoms with Crippen LogP contribution in [0.2, 0.25) is 0 Å². The van der Waals surface area contributed by atoms with Gasteiger partial charge < -0.3 is 5.32 Å². The summed E-state index contributed by atoms with van der Waals surface area (Å²) in [7, 11) is 0. The number of fused-ring (bicyclic) bond motifs is 1. The second-order valence-corrected chi connectivity index (χ2v) is 8.99. The average molecular weight is 503 g/mol. The Morgan fingerprint density at radius 2 is 1.72 bits per heavy atom. The fourth-order valence-corrected chi connectivity index (χ4v) is 4.03. The molecule has 2 N–H and O–H groups in total. The third-order valence-electron chi connectivity index (χ3n) is 5.84. The van der Waals surface area contributed by atoms with E-state index in [4.69, 9.17) is 12.2 Å². The molecule has 0 saturated carbocycles. The molecular weight excluding hydrogens is 476 g/mol. The maximum Gasteiger partial charge on any atom is 0.272 e. The monoisotopic (exact) mass is 502 g/mol. The minimum Gasteiger partial charge on any atom is -0.332 e. The topological polar surface area (TPSA) is 115 Å². The molecule has 36 heavy (non-hydrogen) atoms. The lowest BCUT2D eigenvalue weighted by molar-refractivity contribution is -0.385. The maximum absolute atomic E-state index is 12.6. The highest BCUT2D eigenvalue weighted by Crippen LogP contribution is 2.23. The predicted octanol–water partition coefficient (Wildman–Crippen LogP) is 5.41. The number of nitro benzene ring substituents is 1. The summed E-state index contributed by atoms with van der Waals surface area (Å²) in [5.74, 6) is -0.461. The molecule has 4 rings (SSSR count). The smallest absolute Gasteiger partial charge is 0.272 e. The van der Waals surface area contributed by atoms with Crippen molar-refractivity contribution < 1.29 is 9.72 Å². The number of nitrogens with zero attached hydrogens (tertiary/aromatic N) is 4. The third-order valence-corrected chi connectivity index (χ3v) is 6.05. The number of aryl methyl sites for hydroxylation is 3. The largest absolute Gasteiger partial charge is 0.332 e.